The van der Waals surface area contributed by atoms with Crippen molar-refractivity contribution in [2.75, 3.05) is 5.32 Å². The van der Waals surface area contributed by atoms with Crippen LogP contribution >= 0.6 is 22.9 Å². The van der Waals surface area contributed by atoms with E-state index in [4.69, 9.17) is 11.6 Å². The van der Waals surface area contributed by atoms with E-state index >= 15 is 0 Å². The van der Waals surface area contributed by atoms with Gasteiger partial charge in [-0.15, -0.1) is 11.3 Å². The molecule has 0 atom stereocenters. The molecule has 5 nitrogen and oxygen atoms in total. The number of aromatic nitrogens is 2. The van der Waals surface area contributed by atoms with Gasteiger partial charge < -0.3 is 5.32 Å². The van der Waals surface area contributed by atoms with Crippen LogP contribution in [-0.2, 0) is 11.3 Å². The summed E-state index contributed by atoms with van der Waals surface area (Å²) in [6, 6.07) is 13.7. The molecule has 2 aromatic carbocycles. The highest BCUT2D eigenvalue weighted by Gasteiger charge is 2.17. The van der Waals surface area contributed by atoms with Crippen LogP contribution in [0.4, 0.5) is 10.1 Å². The number of amides is 1. The van der Waals surface area contributed by atoms with Crippen LogP contribution < -0.4 is 10.9 Å². The molecule has 146 valence electrons. The summed E-state index contributed by atoms with van der Waals surface area (Å²) in [5.74, 6) is -1.01. The molecule has 0 saturated carbocycles. The summed E-state index contributed by atoms with van der Waals surface area (Å²) >= 11 is 7.18. The molecule has 0 unspecified atom stereocenters. The van der Waals surface area contributed by atoms with Crippen molar-refractivity contribution in [1.29, 1.82) is 0 Å². The first-order valence-corrected chi connectivity index (χ1v) is 9.92. The lowest BCUT2D eigenvalue weighted by Crippen LogP contribution is -2.27. The second-order valence-electron chi connectivity index (χ2n) is 6.46. The Morgan fingerprint density at radius 2 is 2.00 bits per heavy atom. The van der Waals surface area contributed by atoms with Gasteiger partial charge in [0.1, 0.15) is 17.2 Å². The SMILES string of the molecule is Cc1c(-c2ccccc2)sc2ncn(CC(=O)Nc3ccc(F)c(Cl)c3)c(=O)c12. The maximum absolute atomic E-state index is 13.2. The average molecular weight is 428 g/mol. The third-order valence-electron chi connectivity index (χ3n) is 4.47. The van der Waals surface area contributed by atoms with Gasteiger partial charge in [-0.05, 0) is 36.2 Å². The Morgan fingerprint density at radius 1 is 1.24 bits per heavy atom. The molecule has 4 aromatic rings. The molecule has 4 rings (SSSR count). The Bertz CT molecular complexity index is 1280. The van der Waals surface area contributed by atoms with Crippen LogP contribution in [0, 0.1) is 12.7 Å². The number of benzene rings is 2. The molecule has 0 bridgehead atoms. The van der Waals surface area contributed by atoms with Crippen molar-refractivity contribution in [3.05, 3.63) is 81.6 Å². The van der Waals surface area contributed by atoms with E-state index in [1.54, 1.807) is 0 Å². The van der Waals surface area contributed by atoms with Crippen LogP contribution in [-0.4, -0.2) is 15.5 Å². The van der Waals surface area contributed by atoms with Gasteiger partial charge in [-0.25, -0.2) is 9.37 Å². The molecule has 8 heteroatoms. The first-order valence-electron chi connectivity index (χ1n) is 8.73. The van der Waals surface area contributed by atoms with E-state index in [-0.39, 0.29) is 17.1 Å². The smallest absolute Gasteiger partial charge is 0.262 e. The summed E-state index contributed by atoms with van der Waals surface area (Å²) in [4.78, 5) is 31.3. The molecule has 2 aromatic heterocycles. The molecule has 29 heavy (non-hydrogen) atoms. The second kappa shape index (κ2) is 7.77. The van der Waals surface area contributed by atoms with E-state index in [1.165, 1.54) is 34.4 Å². The number of carbonyl (C=O) groups is 1. The number of halogens is 2. The zero-order chi connectivity index (χ0) is 20.5. The third-order valence-corrected chi connectivity index (χ3v) is 6.01. The monoisotopic (exact) mass is 427 g/mol. The highest BCUT2D eigenvalue weighted by Crippen LogP contribution is 2.35. The Morgan fingerprint density at radius 3 is 2.72 bits per heavy atom. The highest BCUT2D eigenvalue weighted by molar-refractivity contribution is 7.22. The van der Waals surface area contributed by atoms with Crippen LogP contribution in [0.5, 0.6) is 0 Å². The van der Waals surface area contributed by atoms with Crippen LogP contribution in [0.3, 0.4) is 0 Å². The first-order chi connectivity index (χ1) is 13.9. The van der Waals surface area contributed by atoms with Gasteiger partial charge in [-0.1, -0.05) is 41.9 Å². The number of thiophene rings is 1. The summed E-state index contributed by atoms with van der Waals surface area (Å²) in [5, 5.41) is 3.02. The van der Waals surface area contributed by atoms with Crippen molar-refractivity contribution < 1.29 is 9.18 Å². The average Bonchev–Trinajstić information content (AvgIpc) is 3.05. The molecule has 0 fully saturated rings. The molecular weight excluding hydrogens is 413 g/mol. The predicted octanol–water partition coefficient (Wildman–Crippen LogP) is 4.86. The van der Waals surface area contributed by atoms with Crippen molar-refractivity contribution in [3.8, 4) is 10.4 Å². The Balaban J connectivity index is 1.64. The van der Waals surface area contributed by atoms with Gasteiger partial charge in [0.15, 0.2) is 0 Å². The molecule has 0 aliphatic rings. The molecule has 1 N–H and O–H groups in total. The molecule has 0 spiro atoms. The van der Waals surface area contributed by atoms with E-state index in [1.807, 2.05) is 37.3 Å². The van der Waals surface area contributed by atoms with Crippen molar-refractivity contribution in [3.63, 3.8) is 0 Å². The number of anilines is 1. The zero-order valence-corrected chi connectivity index (χ0v) is 16.9. The standard InChI is InChI=1S/C21H15ClFN3O2S/c1-12-18-20(29-19(12)13-5-3-2-4-6-13)24-11-26(21(18)28)10-17(27)25-14-7-8-16(23)15(22)9-14/h2-9,11H,10H2,1H3,(H,25,27). The molecule has 0 radical (unpaired) electrons. The van der Waals surface area contributed by atoms with E-state index in [9.17, 15) is 14.0 Å². The van der Waals surface area contributed by atoms with Crippen molar-refractivity contribution in [2.24, 2.45) is 0 Å². The topological polar surface area (TPSA) is 64.0 Å². The van der Waals surface area contributed by atoms with E-state index in [0.29, 0.717) is 15.9 Å². The van der Waals surface area contributed by atoms with Crippen LogP contribution in [0.2, 0.25) is 5.02 Å². The number of nitrogens with zero attached hydrogens (tertiary/aromatic N) is 2. The maximum atomic E-state index is 13.2. The molecular formula is C21H15ClFN3O2S. The largest absolute Gasteiger partial charge is 0.324 e. The Hall–Kier alpha value is -3.03. The van der Waals surface area contributed by atoms with Crippen molar-refractivity contribution in [2.45, 2.75) is 13.5 Å². The first kappa shape index (κ1) is 19.3. The minimum Gasteiger partial charge on any atom is -0.324 e. The maximum Gasteiger partial charge on any atom is 0.262 e. The van der Waals surface area contributed by atoms with Gasteiger partial charge in [0.05, 0.1) is 16.7 Å². The number of nitrogens with one attached hydrogen (secondary N) is 1. The molecule has 0 aliphatic carbocycles. The summed E-state index contributed by atoms with van der Waals surface area (Å²) in [5.41, 5.74) is 1.93. The van der Waals surface area contributed by atoms with E-state index < -0.39 is 11.7 Å². The molecule has 0 saturated heterocycles. The van der Waals surface area contributed by atoms with Gasteiger partial charge in [0, 0.05) is 10.6 Å². The lowest BCUT2D eigenvalue weighted by atomic mass is 10.1. The van der Waals surface area contributed by atoms with Gasteiger partial charge in [0.25, 0.3) is 5.56 Å². The fourth-order valence-corrected chi connectivity index (χ4v) is 4.39. The second-order valence-corrected chi connectivity index (χ2v) is 7.86. The number of aryl methyl sites for hydroxylation is 1. The summed E-state index contributed by atoms with van der Waals surface area (Å²) < 4.78 is 14.5. The summed E-state index contributed by atoms with van der Waals surface area (Å²) in [6.45, 7) is 1.67. The number of fused-ring (bicyclic) bond motifs is 1. The van der Waals surface area contributed by atoms with Gasteiger partial charge in [-0.3, -0.25) is 14.2 Å². The lowest BCUT2D eigenvalue weighted by molar-refractivity contribution is -0.116. The minimum atomic E-state index is -0.572. The minimum absolute atomic E-state index is 0.0922. The van der Waals surface area contributed by atoms with Crippen LogP contribution in [0.1, 0.15) is 5.56 Å². The Labute approximate surface area is 174 Å². The predicted molar refractivity (Wildman–Crippen MR) is 114 cm³/mol. The molecule has 0 aliphatic heterocycles. The normalized spacial score (nSPS) is 11.0. The third kappa shape index (κ3) is 3.79. The van der Waals surface area contributed by atoms with Crippen molar-refractivity contribution >= 4 is 44.7 Å². The summed E-state index contributed by atoms with van der Waals surface area (Å²) in [7, 11) is 0. The number of rotatable bonds is 4. The quantitative estimate of drug-likeness (QED) is 0.505. The highest BCUT2D eigenvalue weighted by atomic mass is 35.5. The summed E-state index contributed by atoms with van der Waals surface area (Å²) in [6.07, 6.45) is 1.37. The van der Waals surface area contributed by atoms with Gasteiger partial charge in [-0.2, -0.15) is 0 Å². The Kier molecular flexibility index (Phi) is 5.17. The van der Waals surface area contributed by atoms with Crippen LogP contribution in [0.25, 0.3) is 20.7 Å². The van der Waals surface area contributed by atoms with Gasteiger partial charge >= 0.3 is 0 Å². The molecule has 1 amide bonds. The molecule has 2 heterocycles. The van der Waals surface area contributed by atoms with Crippen molar-refractivity contribution in [1.82, 2.24) is 9.55 Å². The van der Waals surface area contributed by atoms with Crippen LogP contribution in [0.15, 0.2) is 59.7 Å². The lowest BCUT2D eigenvalue weighted by Gasteiger charge is -2.08. The fraction of sp³-hybridized carbons (Fsp3) is 0.0952. The number of hydrogen-bond acceptors (Lipinski definition) is 4. The fourth-order valence-electron chi connectivity index (χ4n) is 3.07. The number of hydrogen-bond donors (Lipinski definition) is 1. The van der Waals surface area contributed by atoms with Gasteiger partial charge in [0.2, 0.25) is 5.91 Å². The number of carbonyl (C=O) groups excluding carboxylic acids is 1. The zero-order valence-electron chi connectivity index (χ0n) is 15.3. The van der Waals surface area contributed by atoms with E-state index in [2.05, 4.69) is 10.3 Å². The van der Waals surface area contributed by atoms with E-state index in [0.717, 1.165) is 22.1 Å².